The zero-order valence-electron chi connectivity index (χ0n) is 18.4. The molecule has 2 aliphatic rings. The largest absolute Gasteiger partial charge is 0.355 e. The lowest BCUT2D eigenvalue weighted by Gasteiger charge is -2.41. The third-order valence-electron chi connectivity index (χ3n) is 7.03. The van der Waals surface area contributed by atoms with Gasteiger partial charge in [0.25, 0.3) is 0 Å². The molecule has 4 heterocycles. The number of fused-ring (bicyclic) bond motifs is 2. The molecule has 2 aromatic heterocycles. The second-order valence-corrected chi connectivity index (χ2v) is 8.95. The molecule has 0 N–H and O–H groups in total. The van der Waals surface area contributed by atoms with Gasteiger partial charge in [-0.3, -0.25) is 4.79 Å². The first-order valence-electron chi connectivity index (χ1n) is 11.6. The Morgan fingerprint density at radius 2 is 1.64 bits per heavy atom. The lowest BCUT2D eigenvalue weighted by Crippen LogP contribution is -2.45. The van der Waals surface area contributed by atoms with Crippen LogP contribution in [0.3, 0.4) is 0 Å². The summed E-state index contributed by atoms with van der Waals surface area (Å²) in [6.07, 6.45) is 4.15. The summed E-state index contributed by atoms with van der Waals surface area (Å²) in [6.45, 7) is 2.32. The SMILES string of the molecule is O=C(C1CCN(c2ccc3nncn3n2)CC1)N1Cc2ccccc2CC1c1ccccc1. The van der Waals surface area contributed by atoms with Crippen LogP contribution in [0.15, 0.2) is 73.1 Å². The van der Waals surface area contributed by atoms with E-state index in [9.17, 15) is 4.79 Å². The fourth-order valence-electron chi connectivity index (χ4n) is 5.20. The normalized spacial score (nSPS) is 19.0. The number of carbonyl (C=O) groups excluding carboxylic acids is 1. The minimum Gasteiger partial charge on any atom is -0.355 e. The van der Waals surface area contributed by atoms with Crippen molar-refractivity contribution in [3.63, 3.8) is 0 Å². The summed E-state index contributed by atoms with van der Waals surface area (Å²) in [5.41, 5.74) is 4.56. The van der Waals surface area contributed by atoms with E-state index in [0.717, 1.165) is 43.8 Å². The third-order valence-corrected chi connectivity index (χ3v) is 7.03. The van der Waals surface area contributed by atoms with Crippen LogP contribution in [-0.2, 0) is 17.8 Å². The Balaban J connectivity index is 1.20. The molecule has 1 fully saturated rings. The molecular formula is C26H26N6O. The summed E-state index contributed by atoms with van der Waals surface area (Å²) in [5.74, 6) is 1.22. The Morgan fingerprint density at radius 1 is 0.879 bits per heavy atom. The summed E-state index contributed by atoms with van der Waals surface area (Å²) in [6, 6.07) is 23.0. The van der Waals surface area contributed by atoms with Crippen LogP contribution in [0.1, 0.15) is 35.6 Å². The molecule has 33 heavy (non-hydrogen) atoms. The van der Waals surface area contributed by atoms with E-state index in [1.807, 2.05) is 18.2 Å². The van der Waals surface area contributed by atoms with Crippen molar-refractivity contribution in [1.29, 1.82) is 0 Å². The van der Waals surface area contributed by atoms with Crippen LogP contribution in [0.25, 0.3) is 5.65 Å². The Morgan fingerprint density at radius 3 is 2.45 bits per heavy atom. The van der Waals surface area contributed by atoms with Gasteiger partial charge in [-0.25, -0.2) is 0 Å². The quantitative estimate of drug-likeness (QED) is 0.488. The molecule has 7 heteroatoms. The molecule has 0 spiro atoms. The Bertz CT molecular complexity index is 1280. The molecule has 1 amide bonds. The first kappa shape index (κ1) is 19.9. The van der Waals surface area contributed by atoms with Gasteiger partial charge in [0.15, 0.2) is 5.65 Å². The molecule has 2 aliphatic heterocycles. The number of anilines is 1. The summed E-state index contributed by atoms with van der Waals surface area (Å²) in [7, 11) is 0. The van der Waals surface area contributed by atoms with Crippen molar-refractivity contribution in [2.24, 2.45) is 5.92 Å². The summed E-state index contributed by atoms with van der Waals surface area (Å²) < 4.78 is 1.70. The predicted octanol–water partition coefficient (Wildman–Crippen LogP) is 3.67. The van der Waals surface area contributed by atoms with E-state index in [-0.39, 0.29) is 17.9 Å². The predicted molar refractivity (Wildman–Crippen MR) is 126 cm³/mol. The van der Waals surface area contributed by atoms with Gasteiger partial charge in [0.2, 0.25) is 5.91 Å². The number of piperidine rings is 1. The number of carbonyl (C=O) groups is 1. The Labute approximate surface area is 192 Å². The maximum Gasteiger partial charge on any atom is 0.226 e. The van der Waals surface area contributed by atoms with Gasteiger partial charge in [0.05, 0.1) is 6.04 Å². The maximum absolute atomic E-state index is 13.8. The minimum absolute atomic E-state index is 0.0383. The molecule has 166 valence electrons. The second kappa shape index (κ2) is 8.31. The highest BCUT2D eigenvalue weighted by molar-refractivity contribution is 5.80. The molecule has 4 aromatic rings. The summed E-state index contributed by atoms with van der Waals surface area (Å²) in [5, 5.41) is 12.5. The van der Waals surface area contributed by atoms with Gasteiger partial charge in [0.1, 0.15) is 12.1 Å². The van der Waals surface area contributed by atoms with Crippen molar-refractivity contribution < 1.29 is 4.79 Å². The smallest absolute Gasteiger partial charge is 0.226 e. The molecule has 1 saturated heterocycles. The van der Waals surface area contributed by atoms with E-state index in [2.05, 4.69) is 73.6 Å². The van der Waals surface area contributed by atoms with Crippen molar-refractivity contribution in [2.45, 2.75) is 31.8 Å². The summed E-state index contributed by atoms with van der Waals surface area (Å²) in [4.78, 5) is 18.2. The third kappa shape index (κ3) is 3.73. The monoisotopic (exact) mass is 438 g/mol. The number of aromatic nitrogens is 4. The average molecular weight is 439 g/mol. The van der Waals surface area contributed by atoms with Gasteiger partial charge in [-0.2, -0.15) is 4.52 Å². The van der Waals surface area contributed by atoms with E-state index in [1.54, 1.807) is 10.8 Å². The Kier molecular flexibility index (Phi) is 5.02. The lowest BCUT2D eigenvalue weighted by atomic mass is 9.87. The molecule has 2 aromatic carbocycles. The molecule has 1 unspecified atom stereocenters. The number of benzene rings is 2. The van der Waals surface area contributed by atoms with Gasteiger partial charge in [-0.15, -0.1) is 15.3 Å². The Hall–Kier alpha value is -3.74. The number of nitrogens with zero attached hydrogens (tertiary/aromatic N) is 6. The summed E-state index contributed by atoms with van der Waals surface area (Å²) >= 11 is 0. The van der Waals surface area contributed by atoms with Crippen molar-refractivity contribution >= 4 is 17.4 Å². The highest BCUT2D eigenvalue weighted by atomic mass is 16.2. The fraction of sp³-hybridized carbons (Fsp3) is 0.308. The lowest BCUT2D eigenvalue weighted by molar-refractivity contribution is -0.140. The van der Waals surface area contributed by atoms with Gasteiger partial charge in [-0.1, -0.05) is 54.6 Å². The second-order valence-electron chi connectivity index (χ2n) is 8.95. The molecular weight excluding hydrogens is 412 g/mol. The first-order valence-corrected chi connectivity index (χ1v) is 11.6. The van der Waals surface area contributed by atoms with Crippen molar-refractivity contribution in [3.8, 4) is 0 Å². The van der Waals surface area contributed by atoms with E-state index in [0.29, 0.717) is 6.54 Å². The molecule has 0 aliphatic carbocycles. The number of amides is 1. The van der Waals surface area contributed by atoms with E-state index < -0.39 is 0 Å². The maximum atomic E-state index is 13.8. The zero-order valence-corrected chi connectivity index (χ0v) is 18.4. The zero-order chi connectivity index (χ0) is 22.2. The number of hydrogen-bond acceptors (Lipinski definition) is 5. The molecule has 0 radical (unpaired) electrons. The van der Waals surface area contributed by atoms with Gasteiger partial charge in [-0.05, 0) is 48.1 Å². The topological polar surface area (TPSA) is 66.6 Å². The van der Waals surface area contributed by atoms with Crippen LogP contribution in [0.2, 0.25) is 0 Å². The van der Waals surface area contributed by atoms with Crippen LogP contribution in [-0.4, -0.2) is 43.7 Å². The van der Waals surface area contributed by atoms with Crippen molar-refractivity contribution in [3.05, 3.63) is 89.7 Å². The molecule has 6 rings (SSSR count). The molecule has 0 saturated carbocycles. The van der Waals surface area contributed by atoms with Crippen LogP contribution in [0.5, 0.6) is 0 Å². The fourth-order valence-corrected chi connectivity index (χ4v) is 5.20. The van der Waals surface area contributed by atoms with Crippen LogP contribution in [0, 0.1) is 5.92 Å². The van der Waals surface area contributed by atoms with E-state index in [4.69, 9.17) is 0 Å². The van der Waals surface area contributed by atoms with Gasteiger partial charge >= 0.3 is 0 Å². The van der Waals surface area contributed by atoms with Crippen LogP contribution in [0.4, 0.5) is 5.82 Å². The average Bonchev–Trinajstić information content (AvgIpc) is 3.36. The van der Waals surface area contributed by atoms with E-state index in [1.165, 1.54) is 16.7 Å². The molecule has 0 bridgehead atoms. The van der Waals surface area contributed by atoms with Gasteiger partial charge in [0, 0.05) is 25.6 Å². The standard InChI is InChI=1S/C26H26N6O/c33-26(20-12-14-30(15-13-20)25-11-10-24-28-27-18-32(24)29-25)31-17-22-9-5-4-8-21(22)16-23(31)19-6-2-1-3-7-19/h1-11,18,20,23H,12-17H2. The van der Waals surface area contributed by atoms with Crippen LogP contribution < -0.4 is 4.90 Å². The molecule has 1 atom stereocenters. The van der Waals surface area contributed by atoms with Crippen molar-refractivity contribution in [1.82, 2.24) is 24.7 Å². The van der Waals surface area contributed by atoms with Gasteiger partial charge < -0.3 is 9.80 Å². The number of hydrogen-bond donors (Lipinski definition) is 0. The molecule has 7 nitrogen and oxygen atoms in total. The highest BCUT2D eigenvalue weighted by Crippen LogP contribution is 2.36. The van der Waals surface area contributed by atoms with E-state index >= 15 is 0 Å². The minimum atomic E-state index is 0.0383. The van der Waals surface area contributed by atoms with Crippen LogP contribution >= 0.6 is 0 Å². The first-order chi connectivity index (χ1) is 16.3. The number of rotatable bonds is 3. The van der Waals surface area contributed by atoms with Crippen molar-refractivity contribution in [2.75, 3.05) is 18.0 Å². The highest BCUT2D eigenvalue weighted by Gasteiger charge is 2.36.